The molecule has 0 radical (unpaired) electrons. The third-order valence-corrected chi connectivity index (χ3v) is 1.92. The largest absolute Gasteiger partial charge is 0.479 e. The smallest absolute Gasteiger partial charge is 0.336 e. The van der Waals surface area contributed by atoms with Crippen molar-refractivity contribution in [2.75, 3.05) is 13.2 Å². The highest BCUT2D eigenvalue weighted by molar-refractivity contribution is 5.78. The summed E-state index contributed by atoms with van der Waals surface area (Å²) < 4.78 is 5.09. The zero-order valence-electron chi connectivity index (χ0n) is 6.69. The molecule has 0 heterocycles. The van der Waals surface area contributed by atoms with Gasteiger partial charge in [-0.1, -0.05) is 12.2 Å². The van der Waals surface area contributed by atoms with Crippen molar-refractivity contribution in [3.63, 3.8) is 0 Å². The van der Waals surface area contributed by atoms with Crippen molar-refractivity contribution in [2.24, 2.45) is 0 Å². The van der Waals surface area contributed by atoms with E-state index in [-0.39, 0.29) is 13.2 Å². The molecule has 2 N–H and O–H groups in total. The van der Waals surface area contributed by atoms with Crippen LogP contribution in [0.1, 0.15) is 12.8 Å². The number of aliphatic carboxylic acids is 1. The number of aliphatic hydroxyl groups is 1. The predicted octanol–water partition coefficient (Wildman–Crippen LogP) is 0.169. The molecule has 1 rings (SSSR count). The molecule has 0 amide bonds. The Bertz CT molecular complexity index is 189. The monoisotopic (exact) mass is 172 g/mol. The van der Waals surface area contributed by atoms with E-state index in [0.29, 0.717) is 12.8 Å². The van der Waals surface area contributed by atoms with Gasteiger partial charge in [0, 0.05) is 12.8 Å². The van der Waals surface area contributed by atoms with E-state index in [9.17, 15) is 4.79 Å². The van der Waals surface area contributed by atoms with Crippen LogP contribution in [0.15, 0.2) is 12.2 Å². The van der Waals surface area contributed by atoms with E-state index >= 15 is 0 Å². The van der Waals surface area contributed by atoms with Gasteiger partial charge in [0.2, 0.25) is 0 Å². The minimum absolute atomic E-state index is 0.0774. The summed E-state index contributed by atoms with van der Waals surface area (Å²) in [4.78, 5) is 10.8. The average Bonchev–Trinajstić information content (AvgIpc) is 2.50. The van der Waals surface area contributed by atoms with E-state index in [1.54, 1.807) is 12.2 Å². The molecule has 0 fully saturated rings. The Labute approximate surface area is 70.5 Å². The molecule has 0 aliphatic heterocycles. The van der Waals surface area contributed by atoms with Crippen LogP contribution in [0.25, 0.3) is 0 Å². The first-order valence-corrected chi connectivity index (χ1v) is 3.84. The molecular weight excluding hydrogens is 160 g/mol. The van der Waals surface area contributed by atoms with Crippen LogP contribution in [0, 0.1) is 0 Å². The molecule has 1 aliphatic carbocycles. The van der Waals surface area contributed by atoms with Gasteiger partial charge in [-0.15, -0.1) is 0 Å². The highest BCUT2D eigenvalue weighted by Gasteiger charge is 2.39. The first-order chi connectivity index (χ1) is 5.71. The molecule has 0 spiro atoms. The molecule has 68 valence electrons. The van der Waals surface area contributed by atoms with Gasteiger partial charge in [0.05, 0.1) is 13.2 Å². The minimum Gasteiger partial charge on any atom is -0.479 e. The fourth-order valence-electron chi connectivity index (χ4n) is 1.23. The molecule has 4 heteroatoms. The van der Waals surface area contributed by atoms with Gasteiger partial charge in [0.15, 0.2) is 5.60 Å². The summed E-state index contributed by atoms with van der Waals surface area (Å²) in [5.41, 5.74) is -1.11. The zero-order chi connectivity index (χ0) is 9.03. The number of carbonyl (C=O) groups is 1. The topological polar surface area (TPSA) is 66.8 Å². The highest BCUT2D eigenvalue weighted by atomic mass is 16.5. The molecule has 1 aliphatic rings. The fraction of sp³-hybridized carbons (Fsp3) is 0.625. The molecular formula is C8H12O4. The van der Waals surface area contributed by atoms with Gasteiger partial charge < -0.3 is 14.9 Å². The maximum Gasteiger partial charge on any atom is 0.336 e. The van der Waals surface area contributed by atoms with Crippen molar-refractivity contribution in [1.29, 1.82) is 0 Å². The van der Waals surface area contributed by atoms with Gasteiger partial charge in [-0.3, -0.25) is 0 Å². The number of aliphatic hydroxyl groups excluding tert-OH is 1. The first-order valence-electron chi connectivity index (χ1n) is 3.84. The predicted molar refractivity (Wildman–Crippen MR) is 41.8 cm³/mol. The second-order valence-electron chi connectivity index (χ2n) is 2.75. The average molecular weight is 172 g/mol. The number of hydrogen-bond acceptors (Lipinski definition) is 3. The van der Waals surface area contributed by atoms with Gasteiger partial charge in [-0.2, -0.15) is 0 Å². The van der Waals surface area contributed by atoms with Crippen molar-refractivity contribution in [1.82, 2.24) is 0 Å². The molecule has 0 aromatic heterocycles. The van der Waals surface area contributed by atoms with E-state index in [0.717, 1.165) is 0 Å². The maximum atomic E-state index is 10.8. The van der Waals surface area contributed by atoms with Gasteiger partial charge in [-0.25, -0.2) is 4.79 Å². The summed E-state index contributed by atoms with van der Waals surface area (Å²) in [7, 11) is 0. The van der Waals surface area contributed by atoms with Crippen LogP contribution >= 0.6 is 0 Å². The van der Waals surface area contributed by atoms with Gasteiger partial charge in [0.25, 0.3) is 0 Å². The molecule has 4 nitrogen and oxygen atoms in total. The van der Waals surface area contributed by atoms with E-state index in [1.165, 1.54) is 0 Å². The summed E-state index contributed by atoms with van der Waals surface area (Å²) in [5, 5.41) is 17.3. The highest BCUT2D eigenvalue weighted by Crippen LogP contribution is 2.27. The van der Waals surface area contributed by atoms with E-state index in [2.05, 4.69) is 0 Å². The molecule has 0 aromatic carbocycles. The Kier molecular flexibility index (Phi) is 2.83. The van der Waals surface area contributed by atoms with Crippen molar-refractivity contribution in [2.45, 2.75) is 18.4 Å². The Morgan fingerprint density at radius 1 is 1.50 bits per heavy atom. The van der Waals surface area contributed by atoms with Crippen molar-refractivity contribution in [3.8, 4) is 0 Å². The maximum absolute atomic E-state index is 10.8. The van der Waals surface area contributed by atoms with Crippen molar-refractivity contribution >= 4 is 5.97 Å². The van der Waals surface area contributed by atoms with Crippen LogP contribution in [-0.4, -0.2) is 35.0 Å². The minimum atomic E-state index is -1.11. The molecule has 12 heavy (non-hydrogen) atoms. The number of hydrogen-bond donors (Lipinski definition) is 2. The summed E-state index contributed by atoms with van der Waals surface area (Å²) in [6.45, 7) is -0.0665. The molecule has 0 saturated carbocycles. The standard InChI is InChI=1S/C8H12O4/c9-5-6-12-8(7(10)11)3-1-2-4-8/h1-2,9H,3-6H2,(H,10,11). The van der Waals surface area contributed by atoms with Gasteiger partial charge >= 0.3 is 5.97 Å². The lowest BCUT2D eigenvalue weighted by Gasteiger charge is -2.23. The third-order valence-electron chi connectivity index (χ3n) is 1.92. The Morgan fingerprint density at radius 3 is 2.50 bits per heavy atom. The SMILES string of the molecule is O=C(O)C1(OCCO)CC=CC1. The third kappa shape index (κ3) is 1.65. The van der Waals surface area contributed by atoms with Gasteiger partial charge in [-0.05, 0) is 0 Å². The quantitative estimate of drug-likeness (QED) is 0.593. The zero-order valence-corrected chi connectivity index (χ0v) is 6.69. The van der Waals surface area contributed by atoms with E-state index in [4.69, 9.17) is 14.9 Å². The van der Waals surface area contributed by atoms with Crippen LogP contribution in [0.2, 0.25) is 0 Å². The first kappa shape index (κ1) is 9.22. The normalized spacial score (nSPS) is 19.8. The van der Waals surface area contributed by atoms with Crippen LogP contribution < -0.4 is 0 Å². The summed E-state index contributed by atoms with van der Waals surface area (Å²) in [6.07, 6.45) is 4.35. The molecule has 0 unspecified atom stereocenters. The summed E-state index contributed by atoms with van der Waals surface area (Å²) >= 11 is 0. The van der Waals surface area contributed by atoms with Crippen LogP contribution in [0.3, 0.4) is 0 Å². The second-order valence-corrected chi connectivity index (χ2v) is 2.75. The van der Waals surface area contributed by atoms with E-state index < -0.39 is 11.6 Å². The number of carboxylic acid groups (broad SMARTS) is 1. The lowest BCUT2D eigenvalue weighted by molar-refractivity contribution is -0.165. The fourth-order valence-corrected chi connectivity index (χ4v) is 1.23. The number of carboxylic acids is 1. The molecule has 0 atom stereocenters. The van der Waals surface area contributed by atoms with Crippen molar-refractivity contribution in [3.05, 3.63) is 12.2 Å². The molecule has 0 aromatic rings. The van der Waals surface area contributed by atoms with Crippen LogP contribution in [0.5, 0.6) is 0 Å². The van der Waals surface area contributed by atoms with Crippen LogP contribution in [-0.2, 0) is 9.53 Å². The number of rotatable bonds is 4. The molecule has 0 saturated heterocycles. The van der Waals surface area contributed by atoms with Crippen molar-refractivity contribution < 1.29 is 19.7 Å². The lowest BCUT2D eigenvalue weighted by atomic mass is 10.0. The summed E-state index contributed by atoms with van der Waals surface area (Å²) in [5.74, 6) is -0.957. The Hall–Kier alpha value is -0.870. The van der Waals surface area contributed by atoms with E-state index in [1.807, 2.05) is 0 Å². The Balaban J connectivity index is 2.55. The molecule has 0 bridgehead atoms. The van der Waals surface area contributed by atoms with Gasteiger partial charge in [0.1, 0.15) is 0 Å². The lowest BCUT2D eigenvalue weighted by Crippen LogP contribution is -2.39. The Morgan fingerprint density at radius 2 is 2.08 bits per heavy atom. The second kappa shape index (κ2) is 3.69. The summed E-state index contributed by atoms with van der Waals surface area (Å²) in [6, 6.07) is 0. The van der Waals surface area contributed by atoms with Crippen LogP contribution in [0.4, 0.5) is 0 Å². The number of ether oxygens (including phenoxy) is 1.